The van der Waals surface area contributed by atoms with Gasteiger partial charge in [0.15, 0.2) is 12.1 Å². The molecule has 0 saturated carbocycles. The van der Waals surface area contributed by atoms with E-state index in [9.17, 15) is 23.9 Å². The number of alkyl carbamates (subject to hydrolysis) is 1. The molecule has 1 rings (SSSR count). The molecule has 1 amide bonds. The molecule has 31 heavy (non-hydrogen) atoms. The van der Waals surface area contributed by atoms with Crippen LogP contribution in [0.4, 0.5) is 9.18 Å². The Hall–Kier alpha value is -2.52. The molecule has 0 heterocycles. The summed E-state index contributed by atoms with van der Waals surface area (Å²) in [4.78, 5) is 37.5. The number of ketones is 1. The van der Waals surface area contributed by atoms with E-state index in [1.807, 2.05) is 6.07 Å². The lowest BCUT2D eigenvalue weighted by molar-refractivity contribution is -0.159. The van der Waals surface area contributed by atoms with Crippen molar-refractivity contribution in [2.75, 3.05) is 0 Å². The summed E-state index contributed by atoms with van der Waals surface area (Å²) in [6.45, 7) is 8.23. The maximum Gasteiger partial charge on any atom is 0.408 e. The van der Waals surface area contributed by atoms with Gasteiger partial charge in [-0.15, -0.1) is 0 Å². The quantitative estimate of drug-likeness (QED) is 0.377. The summed E-state index contributed by atoms with van der Waals surface area (Å²) < 4.78 is 24.0. The number of nitrogens with two attached hydrogens (primary N) is 1. The number of nitrogens with one attached hydrogen (secondary N) is 1. The van der Waals surface area contributed by atoms with Gasteiger partial charge in [-0.2, -0.15) is 0 Å². The van der Waals surface area contributed by atoms with Crippen LogP contribution in [-0.2, 0) is 25.7 Å². The first-order valence-electron chi connectivity index (χ1n) is 10.1. The Morgan fingerprint density at radius 3 is 2.23 bits per heavy atom. The molecule has 0 saturated heterocycles. The van der Waals surface area contributed by atoms with Crippen LogP contribution in [0.2, 0.25) is 0 Å². The summed E-state index contributed by atoms with van der Waals surface area (Å²) in [5.74, 6) is -3.46. The lowest BCUT2D eigenvalue weighted by Gasteiger charge is -2.29. The largest absolute Gasteiger partial charge is 0.460 e. The number of alkyl halides is 1. The van der Waals surface area contributed by atoms with Crippen molar-refractivity contribution in [1.82, 2.24) is 5.32 Å². The van der Waals surface area contributed by atoms with Gasteiger partial charge in [0.1, 0.15) is 18.3 Å². The molecule has 0 aliphatic carbocycles. The Morgan fingerprint density at radius 1 is 1.16 bits per heavy atom. The van der Waals surface area contributed by atoms with Crippen molar-refractivity contribution in [3.05, 3.63) is 35.9 Å². The Bertz CT molecular complexity index is 733. The van der Waals surface area contributed by atoms with Gasteiger partial charge in [0.25, 0.3) is 0 Å². The van der Waals surface area contributed by atoms with Crippen LogP contribution in [-0.4, -0.2) is 47.0 Å². The van der Waals surface area contributed by atoms with Crippen molar-refractivity contribution in [2.24, 2.45) is 17.6 Å². The van der Waals surface area contributed by atoms with E-state index in [0.29, 0.717) is 0 Å². The molecule has 0 fully saturated rings. The summed E-state index contributed by atoms with van der Waals surface area (Å²) in [5.41, 5.74) is 5.06. The van der Waals surface area contributed by atoms with Crippen molar-refractivity contribution in [1.29, 1.82) is 0 Å². The molecule has 3 unspecified atom stereocenters. The predicted octanol–water partition coefficient (Wildman–Crippen LogP) is 2.47. The van der Waals surface area contributed by atoms with Gasteiger partial charge >= 0.3 is 12.1 Å². The third kappa shape index (κ3) is 9.44. The summed E-state index contributed by atoms with van der Waals surface area (Å²) in [5, 5.41) is 12.6. The zero-order valence-electron chi connectivity index (χ0n) is 18.6. The van der Waals surface area contributed by atoms with E-state index in [-0.39, 0.29) is 6.61 Å². The maximum absolute atomic E-state index is 13.6. The third-order valence-corrected chi connectivity index (χ3v) is 4.37. The lowest BCUT2D eigenvalue weighted by atomic mass is 9.85. The van der Waals surface area contributed by atoms with E-state index in [2.05, 4.69) is 5.32 Å². The summed E-state index contributed by atoms with van der Waals surface area (Å²) >= 11 is 0. The molecule has 0 spiro atoms. The average molecular weight is 441 g/mol. The fraction of sp³-hybridized carbons (Fsp3) is 0.591. The normalized spacial score (nSPS) is 15.5. The van der Waals surface area contributed by atoms with Gasteiger partial charge in [-0.05, 0) is 32.3 Å². The SMILES string of the molecule is CC(C)[C@H](NC(=O)OCc1ccccc1)C(=O)C(CC(=O)OC(C)(C)C)C(O)C(N)F. The highest BCUT2D eigenvalue weighted by Gasteiger charge is 2.39. The maximum atomic E-state index is 13.6. The zero-order chi connectivity index (χ0) is 23.8. The van der Waals surface area contributed by atoms with E-state index >= 15 is 0 Å². The average Bonchev–Trinajstić information content (AvgIpc) is 2.66. The number of aliphatic hydroxyl groups is 1. The topological polar surface area (TPSA) is 128 Å². The second kappa shape index (κ2) is 11.8. The van der Waals surface area contributed by atoms with E-state index < -0.39 is 60.1 Å². The first-order valence-corrected chi connectivity index (χ1v) is 10.1. The highest BCUT2D eigenvalue weighted by atomic mass is 19.1. The standard InChI is InChI=1S/C22H33FN2O6/c1-13(2)17(25-21(29)30-12-14-9-7-6-8-10-14)18(27)15(19(28)20(23)24)11-16(26)31-22(3,4)5/h6-10,13,15,17,19-20,28H,11-12,24H2,1-5H3,(H,25,29)/t15?,17-,19?,20?/m0/s1. The molecule has 0 bridgehead atoms. The summed E-state index contributed by atoms with van der Waals surface area (Å²) in [7, 11) is 0. The van der Waals surface area contributed by atoms with Crippen molar-refractivity contribution in [2.45, 2.75) is 71.7 Å². The van der Waals surface area contributed by atoms with Crippen molar-refractivity contribution in [3.63, 3.8) is 0 Å². The summed E-state index contributed by atoms with van der Waals surface area (Å²) in [6.07, 6.45) is -5.64. The highest BCUT2D eigenvalue weighted by molar-refractivity contribution is 5.92. The number of benzene rings is 1. The molecule has 0 aromatic heterocycles. The molecule has 0 radical (unpaired) electrons. The molecule has 1 aromatic rings. The summed E-state index contributed by atoms with van der Waals surface area (Å²) in [6, 6.07) is 7.81. The molecule has 174 valence electrons. The number of carbonyl (C=O) groups is 3. The number of Topliss-reactive ketones (excluding diaryl/α,β-unsaturated/α-hetero) is 1. The number of ether oxygens (including phenoxy) is 2. The molecular weight excluding hydrogens is 407 g/mol. The monoisotopic (exact) mass is 440 g/mol. The minimum absolute atomic E-state index is 0.00893. The van der Waals surface area contributed by atoms with Gasteiger partial charge in [0, 0.05) is 0 Å². The van der Waals surface area contributed by atoms with Gasteiger partial charge < -0.3 is 19.9 Å². The second-order valence-electron chi connectivity index (χ2n) is 8.66. The minimum Gasteiger partial charge on any atom is -0.460 e. The van der Waals surface area contributed by atoms with Crippen molar-refractivity contribution >= 4 is 17.8 Å². The number of carbonyl (C=O) groups excluding carboxylic acids is 3. The Morgan fingerprint density at radius 2 is 1.74 bits per heavy atom. The molecule has 4 atom stereocenters. The fourth-order valence-electron chi connectivity index (χ4n) is 2.86. The Balaban J connectivity index is 2.92. The van der Waals surface area contributed by atoms with Gasteiger partial charge in [-0.1, -0.05) is 44.2 Å². The van der Waals surface area contributed by atoms with Crippen LogP contribution in [0.3, 0.4) is 0 Å². The van der Waals surface area contributed by atoms with Gasteiger partial charge in [-0.25, -0.2) is 9.18 Å². The van der Waals surface area contributed by atoms with E-state index in [1.54, 1.807) is 58.9 Å². The minimum atomic E-state index is -2.26. The number of amides is 1. The van der Waals surface area contributed by atoms with Crippen LogP contribution in [0.15, 0.2) is 30.3 Å². The van der Waals surface area contributed by atoms with Crippen LogP contribution in [0.25, 0.3) is 0 Å². The first-order chi connectivity index (χ1) is 14.3. The first kappa shape index (κ1) is 26.5. The zero-order valence-corrected chi connectivity index (χ0v) is 18.6. The second-order valence-corrected chi connectivity index (χ2v) is 8.66. The number of halogens is 1. The van der Waals surface area contributed by atoms with E-state index in [4.69, 9.17) is 15.2 Å². The van der Waals surface area contributed by atoms with Crippen LogP contribution in [0, 0.1) is 11.8 Å². The number of esters is 1. The molecular formula is C22H33FN2O6. The molecule has 1 aromatic carbocycles. The fourth-order valence-corrected chi connectivity index (χ4v) is 2.86. The van der Waals surface area contributed by atoms with Gasteiger partial charge in [-0.3, -0.25) is 15.3 Å². The lowest BCUT2D eigenvalue weighted by Crippen LogP contribution is -2.52. The number of rotatable bonds is 10. The van der Waals surface area contributed by atoms with Crippen molar-refractivity contribution in [3.8, 4) is 0 Å². The van der Waals surface area contributed by atoms with Gasteiger partial charge in [0.2, 0.25) is 0 Å². The van der Waals surface area contributed by atoms with Crippen molar-refractivity contribution < 1.29 is 33.4 Å². The highest BCUT2D eigenvalue weighted by Crippen LogP contribution is 2.21. The number of hydrogen-bond donors (Lipinski definition) is 3. The molecule has 9 heteroatoms. The predicted molar refractivity (Wildman–Crippen MR) is 112 cm³/mol. The van der Waals surface area contributed by atoms with Crippen LogP contribution in [0.5, 0.6) is 0 Å². The molecule has 0 aliphatic rings. The number of hydrogen-bond acceptors (Lipinski definition) is 7. The molecule has 0 aliphatic heterocycles. The van der Waals surface area contributed by atoms with E-state index in [1.165, 1.54) is 0 Å². The van der Waals surface area contributed by atoms with Gasteiger partial charge in [0.05, 0.1) is 18.4 Å². The Labute approximate surface area is 182 Å². The van der Waals surface area contributed by atoms with E-state index in [0.717, 1.165) is 5.56 Å². The molecule has 8 nitrogen and oxygen atoms in total. The number of aliphatic hydroxyl groups excluding tert-OH is 1. The third-order valence-electron chi connectivity index (χ3n) is 4.37. The van der Waals surface area contributed by atoms with Crippen LogP contribution >= 0.6 is 0 Å². The molecule has 4 N–H and O–H groups in total. The Kier molecular flexibility index (Phi) is 10.1. The smallest absolute Gasteiger partial charge is 0.408 e. The van der Waals surface area contributed by atoms with Crippen LogP contribution in [0.1, 0.15) is 46.6 Å². The van der Waals surface area contributed by atoms with Crippen LogP contribution < -0.4 is 11.1 Å².